The summed E-state index contributed by atoms with van der Waals surface area (Å²) < 4.78 is 28.2. The zero-order chi connectivity index (χ0) is 12.6. The minimum Gasteiger partial charge on any atom is -0.343 e. The molecule has 1 N–H and O–H groups in total. The van der Waals surface area contributed by atoms with Gasteiger partial charge < -0.3 is 5.32 Å². The van der Waals surface area contributed by atoms with E-state index in [1.54, 1.807) is 6.92 Å². The summed E-state index contributed by atoms with van der Waals surface area (Å²) in [6.07, 6.45) is 2.68. The van der Waals surface area contributed by atoms with Gasteiger partial charge in [-0.1, -0.05) is 6.92 Å². The van der Waals surface area contributed by atoms with E-state index in [1.807, 2.05) is 0 Å². The third kappa shape index (κ3) is 2.18. The lowest BCUT2D eigenvalue weighted by atomic mass is 10.1. The number of nitrogens with zero attached hydrogens (tertiary/aromatic N) is 1. The number of nitrogens with one attached hydrogen (secondary N) is 1. The van der Waals surface area contributed by atoms with Gasteiger partial charge in [-0.15, -0.1) is 0 Å². The summed E-state index contributed by atoms with van der Waals surface area (Å²) in [5.41, 5.74) is 0.914. The molecule has 6 heteroatoms. The SMILES string of the molecule is CCC(=O)NC1c2cncc(Br)c2CC1(F)F. The number of carbonyl (C=O) groups excluding carboxylic acids is 1. The van der Waals surface area contributed by atoms with E-state index >= 15 is 0 Å². The molecule has 0 radical (unpaired) electrons. The number of hydrogen-bond acceptors (Lipinski definition) is 2. The largest absolute Gasteiger partial charge is 0.343 e. The van der Waals surface area contributed by atoms with Crippen molar-refractivity contribution in [3.63, 3.8) is 0 Å². The maximum absolute atomic E-state index is 13.8. The molecule has 0 aliphatic heterocycles. The monoisotopic (exact) mass is 304 g/mol. The summed E-state index contributed by atoms with van der Waals surface area (Å²) in [6.45, 7) is 1.63. The highest BCUT2D eigenvalue weighted by Gasteiger charge is 2.49. The highest BCUT2D eigenvalue weighted by atomic mass is 79.9. The molecule has 1 atom stereocenters. The Morgan fingerprint density at radius 3 is 3.00 bits per heavy atom. The number of carbonyl (C=O) groups is 1. The Balaban J connectivity index is 2.38. The average Bonchev–Trinajstić information content (AvgIpc) is 2.53. The molecule has 17 heavy (non-hydrogen) atoms. The predicted molar refractivity (Wildman–Crippen MR) is 61.8 cm³/mol. The van der Waals surface area contributed by atoms with Crippen LogP contribution in [-0.2, 0) is 11.2 Å². The lowest BCUT2D eigenvalue weighted by Crippen LogP contribution is -2.37. The summed E-state index contributed by atoms with van der Waals surface area (Å²) in [7, 11) is 0. The molecule has 1 aliphatic carbocycles. The normalized spacial score (nSPS) is 21.1. The van der Waals surface area contributed by atoms with E-state index in [-0.39, 0.29) is 18.7 Å². The van der Waals surface area contributed by atoms with Gasteiger partial charge in [0.2, 0.25) is 5.91 Å². The number of rotatable bonds is 2. The second-order valence-corrected chi connectivity index (χ2v) is 4.84. The van der Waals surface area contributed by atoms with Crippen molar-refractivity contribution in [1.29, 1.82) is 0 Å². The van der Waals surface area contributed by atoms with Crippen molar-refractivity contribution >= 4 is 21.8 Å². The number of aromatic nitrogens is 1. The maximum atomic E-state index is 13.8. The zero-order valence-electron chi connectivity index (χ0n) is 9.14. The molecule has 0 saturated heterocycles. The molecule has 2 rings (SSSR count). The van der Waals surface area contributed by atoms with E-state index in [2.05, 4.69) is 26.2 Å². The summed E-state index contributed by atoms with van der Waals surface area (Å²) in [5.74, 6) is -3.35. The summed E-state index contributed by atoms with van der Waals surface area (Å²) in [4.78, 5) is 15.1. The van der Waals surface area contributed by atoms with Crippen LogP contribution in [0.2, 0.25) is 0 Å². The van der Waals surface area contributed by atoms with Crippen molar-refractivity contribution in [2.75, 3.05) is 0 Å². The van der Waals surface area contributed by atoms with Gasteiger partial charge >= 0.3 is 0 Å². The molecule has 0 fully saturated rings. The lowest BCUT2D eigenvalue weighted by molar-refractivity contribution is -0.125. The molecule has 1 amide bonds. The Morgan fingerprint density at radius 2 is 2.35 bits per heavy atom. The first kappa shape index (κ1) is 12.4. The van der Waals surface area contributed by atoms with Crippen LogP contribution in [-0.4, -0.2) is 16.8 Å². The molecule has 1 aliphatic rings. The van der Waals surface area contributed by atoms with Gasteiger partial charge in [0.25, 0.3) is 5.92 Å². The number of alkyl halides is 2. The zero-order valence-corrected chi connectivity index (χ0v) is 10.7. The average molecular weight is 305 g/mol. The van der Waals surface area contributed by atoms with Gasteiger partial charge in [0, 0.05) is 35.3 Å². The molecule has 1 aromatic rings. The third-order valence-electron chi connectivity index (χ3n) is 2.81. The van der Waals surface area contributed by atoms with Crippen molar-refractivity contribution in [2.45, 2.75) is 31.7 Å². The standard InChI is InChI=1S/C11H11BrF2N2O/c1-2-9(17)16-10-7-4-15-5-8(12)6(7)3-11(10,13)14/h4-5,10H,2-3H2,1H3,(H,16,17). The highest BCUT2D eigenvalue weighted by Crippen LogP contribution is 2.45. The van der Waals surface area contributed by atoms with Crippen LogP contribution in [0.3, 0.4) is 0 Å². The van der Waals surface area contributed by atoms with Crippen LogP contribution in [0.4, 0.5) is 8.78 Å². The molecule has 3 nitrogen and oxygen atoms in total. The molecule has 1 heterocycles. The van der Waals surface area contributed by atoms with E-state index in [4.69, 9.17) is 0 Å². The second-order valence-electron chi connectivity index (χ2n) is 3.98. The van der Waals surface area contributed by atoms with Crippen LogP contribution in [0.25, 0.3) is 0 Å². The van der Waals surface area contributed by atoms with Crippen LogP contribution in [0.5, 0.6) is 0 Å². The Kier molecular flexibility index (Phi) is 3.16. The van der Waals surface area contributed by atoms with E-state index in [0.717, 1.165) is 0 Å². The molecule has 0 bridgehead atoms. The van der Waals surface area contributed by atoms with E-state index in [1.165, 1.54) is 12.4 Å². The van der Waals surface area contributed by atoms with Gasteiger partial charge in [0.15, 0.2) is 0 Å². The Hall–Kier alpha value is -1.04. The summed E-state index contributed by atoms with van der Waals surface area (Å²) >= 11 is 3.20. The van der Waals surface area contributed by atoms with Gasteiger partial charge in [-0.2, -0.15) is 0 Å². The van der Waals surface area contributed by atoms with E-state index in [0.29, 0.717) is 15.6 Å². The first-order chi connectivity index (χ1) is 7.95. The lowest BCUT2D eigenvalue weighted by Gasteiger charge is -2.20. The van der Waals surface area contributed by atoms with E-state index in [9.17, 15) is 13.6 Å². The first-order valence-corrected chi connectivity index (χ1v) is 6.04. The summed E-state index contributed by atoms with van der Waals surface area (Å²) in [6, 6.07) is -1.27. The Morgan fingerprint density at radius 1 is 1.65 bits per heavy atom. The number of hydrogen-bond donors (Lipinski definition) is 1. The molecule has 0 saturated carbocycles. The van der Waals surface area contributed by atoms with Crippen LogP contribution in [0, 0.1) is 0 Å². The van der Waals surface area contributed by atoms with Crippen molar-refractivity contribution in [3.8, 4) is 0 Å². The van der Waals surface area contributed by atoms with Gasteiger partial charge in [-0.3, -0.25) is 9.78 Å². The molecule has 92 valence electrons. The quantitative estimate of drug-likeness (QED) is 0.912. The molecule has 1 unspecified atom stereocenters. The Bertz CT molecular complexity index is 465. The number of halogens is 3. The van der Waals surface area contributed by atoms with Crippen molar-refractivity contribution < 1.29 is 13.6 Å². The fourth-order valence-electron chi connectivity index (χ4n) is 1.92. The molecule has 1 aromatic heterocycles. The van der Waals surface area contributed by atoms with Crippen LogP contribution in [0.1, 0.15) is 30.5 Å². The Labute approximate surface area is 106 Å². The van der Waals surface area contributed by atoms with Crippen LogP contribution >= 0.6 is 15.9 Å². The minimum atomic E-state index is -2.96. The van der Waals surface area contributed by atoms with Gasteiger partial charge in [0.1, 0.15) is 6.04 Å². The van der Waals surface area contributed by atoms with Gasteiger partial charge in [-0.05, 0) is 21.5 Å². The third-order valence-corrected chi connectivity index (χ3v) is 3.49. The first-order valence-electron chi connectivity index (χ1n) is 5.25. The van der Waals surface area contributed by atoms with Crippen molar-refractivity contribution in [2.24, 2.45) is 0 Å². The fourth-order valence-corrected chi connectivity index (χ4v) is 2.41. The predicted octanol–water partition coefficient (Wildman–Crippen LogP) is 2.60. The van der Waals surface area contributed by atoms with Gasteiger partial charge in [-0.25, -0.2) is 8.78 Å². The molecule has 0 aromatic carbocycles. The minimum absolute atomic E-state index is 0.184. The smallest absolute Gasteiger partial charge is 0.276 e. The summed E-state index contributed by atoms with van der Waals surface area (Å²) in [5, 5.41) is 2.35. The number of fused-ring (bicyclic) bond motifs is 1. The van der Waals surface area contributed by atoms with Gasteiger partial charge in [0.05, 0.1) is 0 Å². The molecule has 0 spiro atoms. The van der Waals surface area contributed by atoms with Crippen molar-refractivity contribution in [3.05, 3.63) is 28.0 Å². The van der Waals surface area contributed by atoms with Crippen molar-refractivity contribution in [1.82, 2.24) is 10.3 Å². The van der Waals surface area contributed by atoms with Crippen LogP contribution < -0.4 is 5.32 Å². The topological polar surface area (TPSA) is 42.0 Å². The number of pyridine rings is 1. The van der Waals surface area contributed by atoms with Crippen LogP contribution in [0.15, 0.2) is 16.9 Å². The second kappa shape index (κ2) is 4.33. The molecular weight excluding hydrogens is 294 g/mol. The maximum Gasteiger partial charge on any atom is 0.276 e. The van der Waals surface area contributed by atoms with E-state index < -0.39 is 12.0 Å². The highest BCUT2D eigenvalue weighted by molar-refractivity contribution is 9.10. The molecular formula is C11H11BrF2N2O. The fraction of sp³-hybridized carbons (Fsp3) is 0.455. The number of amides is 1.